The number of halogens is 3. The quantitative estimate of drug-likeness (QED) is 0.402. The lowest BCUT2D eigenvalue weighted by Crippen LogP contribution is -2.28. The molecule has 176 valence electrons. The van der Waals surface area contributed by atoms with Crippen LogP contribution in [0.2, 0.25) is 0 Å². The minimum Gasteiger partial charge on any atom is -0.497 e. The molecular weight excluding hydrogens is 445 g/mol. The van der Waals surface area contributed by atoms with Crippen LogP contribution in [0.5, 0.6) is 5.75 Å². The second kappa shape index (κ2) is 8.81. The Morgan fingerprint density at radius 1 is 1.06 bits per heavy atom. The molecule has 0 saturated carbocycles. The third-order valence-corrected chi connectivity index (χ3v) is 5.64. The van der Waals surface area contributed by atoms with Gasteiger partial charge in [-0.15, -0.1) is 0 Å². The van der Waals surface area contributed by atoms with Crippen LogP contribution < -0.4 is 9.64 Å². The van der Waals surface area contributed by atoms with E-state index >= 15 is 0 Å². The van der Waals surface area contributed by atoms with Crippen LogP contribution >= 0.6 is 0 Å². The first kappa shape index (κ1) is 23.3. The van der Waals surface area contributed by atoms with Gasteiger partial charge in [0.1, 0.15) is 5.75 Å². The summed E-state index contributed by atoms with van der Waals surface area (Å²) in [7, 11) is 3.12. The van der Waals surface area contributed by atoms with Gasteiger partial charge in [0.15, 0.2) is 5.65 Å². The summed E-state index contributed by atoms with van der Waals surface area (Å²) in [5, 5.41) is 4.72. The van der Waals surface area contributed by atoms with Gasteiger partial charge in [-0.2, -0.15) is 18.3 Å². The summed E-state index contributed by atoms with van der Waals surface area (Å²) in [5.74, 6) is 0.391. The van der Waals surface area contributed by atoms with Crippen molar-refractivity contribution in [3.05, 3.63) is 77.1 Å². The van der Waals surface area contributed by atoms with Gasteiger partial charge in [0.25, 0.3) is 0 Å². The van der Waals surface area contributed by atoms with Crippen LogP contribution in [0.15, 0.2) is 54.6 Å². The third-order valence-electron chi connectivity index (χ3n) is 5.64. The number of anilines is 1. The van der Waals surface area contributed by atoms with Crippen LogP contribution in [-0.2, 0) is 17.4 Å². The van der Waals surface area contributed by atoms with Crippen LogP contribution in [-0.4, -0.2) is 34.7 Å². The SMILES string of the molecule is COc1ccc(-c2nn3c(C)cc(C)nc3c2CC(=O)N(C)c2ccc(C(F)(F)F)cc2)cc1. The maximum absolute atomic E-state index is 13.2. The van der Waals surface area contributed by atoms with Gasteiger partial charge in [-0.25, -0.2) is 9.50 Å². The van der Waals surface area contributed by atoms with Gasteiger partial charge in [-0.1, -0.05) is 0 Å². The van der Waals surface area contributed by atoms with E-state index in [9.17, 15) is 18.0 Å². The first-order chi connectivity index (χ1) is 16.1. The molecule has 0 spiro atoms. The highest BCUT2D eigenvalue weighted by molar-refractivity contribution is 5.96. The second-order valence-electron chi connectivity index (χ2n) is 8.00. The molecule has 0 saturated heterocycles. The van der Waals surface area contributed by atoms with Gasteiger partial charge < -0.3 is 9.64 Å². The summed E-state index contributed by atoms with van der Waals surface area (Å²) < 4.78 is 45.6. The molecule has 0 unspecified atom stereocenters. The highest BCUT2D eigenvalue weighted by Crippen LogP contribution is 2.32. The van der Waals surface area contributed by atoms with Crippen LogP contribution in [0.25, 0.3) is 16.9 Å². The summed E-state index contributed by atoms with van der Waals surface area (Å²) in [5.41, 5.74) is 3.86. The van der Waals surface area contributed by atoms with Crippen molar-refractivity contribution in [1.82, 2.24) is 14.6 Å². The first-order valence-electron chi connectivity index (χ1n) is 10.5. The largest absolute Gasteiger partial charge is 0.497 e. The van der Waals surface area contributed by atoms with Crippen molar-refractivity contribution in [2.24, 2.45) is 0 Å². The standard InChI is InChI=1S/C25H23F3N4O2/c1-15-13-16(2)32-24(29-15)21(23(30-32)17-5-11-20(34-4)12-6-17)14-22(33)31(3)19-9-7-18(8-10-19)25(26,27)28/h5-13H,14H2,1-4H3. The topological polar surface area (TPSA) is 59.7 Å². The minimum atomic E-state index is -4.44. The summed E-state index contributed by atoms with van der Waals surface area (Å²) in [4.78, 5) is 19.2. The van der Waals surface area contributed by atoms with Crippen LogP contribution in [0.3, 0.4) is 0 Å². The monoisotopic (exact) mass is 468 g/mol. The number of amides is 1. The number of methoxy groups -OCH3 is 1. The molecule has 1 amide bonds. The molecule has 6 nitrogen and oxygen atoms in total. The summed E-state index contributed by atoms with van der Waals surface area (Å²) >= 11 is 0. The first-order valence-corrected chi connectivity index (χ1v) is 10.5. The van der Waals surface area contributed by atoms with E-state index < -0.39 is 11.7 Å². The van der Waals surface area contributed by atoms with Gasteiger partial charge in [-0.05, 0) is 68.4 Å². The summed E-state index contributed by atoms with van der Waals surface area (Å²) in [6.07, 6.45) is -4.47. The average Bonchev–Trinajstić information content (AvgIpc) is 3.16. The number of carbonyl (C=O) groups excluding carboxylic acids is 1. The van der Waals surface area contributed by atoms with Crippen molar-refractivity contribution in [2.45, 2.75) is 26.4 Å². The number of hydrogen-bond donors (Lipinski definition) is 0. The van der Waals surface area contributed by atoms with Crippen molar-refractivity contribution in [3.63, 3.8) is 0 Å². The van der Waals surface area contributed by atoms with Crippen molar-refractivity contribution in [3.8, 4) is 17.0 Å². The Kier molecular flexibility index (Phi) is 6.03. The fraction of sp³-hybridized carbons (Fsp3) is 0.240. The molecule has 0 bridgehead atoms. The molecule has 0 aliphatic rings. The average molecular weight is 468 g/mol. The molecule has 0 radical (unpaired) electrons. The van der Waals surface area contributed by atoms with Gasteiger partial charge in [0.2, 0.25) is 5.91 Å². The summed E-state index contributed by atoms with van der Waals surface area (Å²) in [6, 6.07) is 13.7. The smallest absolute Gasteiger partial charge is 0.416 e. The fourth-order valence-corrected chi connectivity index (χ4v) is 3.80. The van der Waals surface area contributed by atoms with E-state index in [2.05, 4.69) is 4.98 Å². The number of carbonyl (C=O) groups is 1. The number of likely N-dealkylation sites (N-methyl/N-ethyl adjacent to an activating group) is 1. The Balaban J connectivity index is 1.73. The number of aryl methyl sites for hydroxylation is 2. The van der Waals surface area contributed by atoms with Crippen molar-refractivity contribution < 1.29 is 22.7 Å². The maximum Gasteiger partial charge on any atom is 0.416 e. The van der Waals surface area contributed by atoms with Gasteiger partial charge in [-0.3, -0.25) is 4.79 Å². The van der Waals surface area contributed by atoms with E-state index in [0.29, 0.717) is 28.3 Å². The minimum absolute atomic E-state index is 0.0295. The second-order valence-corrected chi connectivity index (χ2v) is 8.00. The van der Waals surface area contributed by atoms with Crippen molar-refractivity contribution >= 4 is 17.2 Å². The highest BCUT2D eigenvalue weighted by Gasteiger charge is 2.30. The van der Waals surface area contributed by atoms with Crippen LogP contribution in [0, 0.1) is 13.8 Å². The molecular formula is C25H23F3N4O2. The van der Waals surface area contributed by atoms with E-state index in [1.54, 1.807) is 11.6 Å². The highest BCUT2D eigenvalue weighted by atomic mass is 19.4. The lowest BCUT2D eigenvalue weighted by Gasteiger charge is -2.18. The van der Waals surface area contributed by atoms with Gasteiger partial charge in [0, 0.05) is 35.2 Å². The maximum atomic E-state index is 13.2. The zero-order valence-electron chi connectivity index (χ0n) is 19.1. The molecule has 2 aromatic carbocycles. The Hall–Kier alpha value is -3.88. The Bertz CT molecular complexity index is 1340. The van der Waals surface area contributed by atoms with Crippen LogP contribution in [0.1, 0.15) is 22.5 Å². The lowest BCUT2D eigenvalue weighted by atomic mass is 10.0. The molecule has 9 heteroatoms. The van der Waals surface area contributed by atoms with E-state index in [1.807, 2.05) is 44.2 Å². The lowest BCUT2D eigenvalue weighted by molar-refractivity contribution is -0.137. The van der Waals surface area contributed by atoms with Crippen molar-refractivity contribution in [1.29, 1.82) is 0 Å². The number of aromatic nitrogens is 3. The molecule has 0 N–H and O–H groups in total. The van der Waals surface area contributed by atoms with Crippen LogP contribution in [0.4, 0.5) is 18.9 Å². The third kappa shape index (κ3) is 4.46. The molecule has 4 rings (SSSR count). The van der Waals surface area contributed by atoms with E-state index in [0.717, 1.165) is 29.1 Å². The summed E-state index contributed by atoms with van der Waals surface area (Å²) in [6.45, 7) is 3.78. The Morgan fingerprint density at radius 3 is 2.29 bits per heavy atom. The molecule has 0 aliphatic heterocycles. The number of rotatable bonds is 5. The normalized spacial score (nSPS) is 11.6. The molecule has 2 heterocycles. The van der Waals surface area contributed by atoms with Gasteiger partial charge in [0.05, 0.1) is 24.8 Å². The number of hydrogen-bond acceptors (Lipinski definition) is 4. The molecule has 4 aromatic rings. The number of fused-ring (bicyclic) bond motifs is 1. The molecule has 0 fully saturated rings. The predicted molar refractivity (Wildman–Crippen MR) is 123 cm³/mol. The molecule has 34 heavy (non-hydrogen) atoms. The molecule has 0 atom stereocenters. The number of benzene rings is 2. The molecule has 2 aromatic heterocycles. The molecule has 0 aliphatic carbocycles. The predicted octanol–water partition coefficient (Wildman–Crippen LogP) is 5.25. The van der Waals surface area contributed by atoms with E-state index in [-0.39, 0.29) is 12.3 Å². The zero-order chi connectivity index (χ0) is 24.6. The number of ether oxygens (including phenoxy) is 1. The number of nitrogens with zero attached hydrogens (tertiary/aromatic N) is 4. The fourth-order valence-electron chi connectivity index (χ4n) is 3.80. The van der Waals surface area contributed by atoms with E-state index in [4.69, 9.17) is 9.84 Å². The Labute approximate surface area is 194 Å². The van der Waals surface area contributed by atoms with E-state index in [1.165, 1.54) is 24.1 Å². The zero-order valence-corrected chi connectivity index (χ0v) is 19.1. The van der Waals surface area contributed by atoms with Crippen molar-refractivity contribution in [2.75, 3.05) is 19.1 Å². The number of alkyl halides is 3. The van der Waals surface area contributed by atoms with Gasteiger partial charge >= 0.3 is 6.18 Å². The Morgan fingerprint density at radius 2 is 1.71 bits per heavy atom.